The average Bonchev–Trinajstić information content (AvgIpc) is 2.38. The van der Waals surface area contributed by atoms with Gasteiger partial charge in [-0.25, -0.2) is 12.7 Å². The van der Waals surface area contributed by atoms with E-state index >= 15 is 0 Å². The summed E-state index contributed by atoms with van der Waals surface area (Å²) < 4.78 is 26.0. The third-order valence-corrected chi connectivity index (χ3v) is 4.84. The van der Waals surface area contributed by atoms with Crippen molar-refractivity contribution in [2.24, 2.45) is 5.92 Å². The maximum atomic E-state index is 12.3. The molecule has 0 saturated heterocycles. The maximum Gasteiger partial charge on any atom is 0.244 e. The molecule has 0 aliphatic carbocycles. The molecule has 1 unspecified atom stereocenters. The average molecular weight is 266 g/mol. The second-order valence-electron chi connectivity index (χ2n) is 4.41. The van der Waals surface area contributed by atoms with Crippen molar-refractivity contribution in [2.45, 2.75) is 25.2 Å². The van der Waals surface area contributed by atoms with Crippen molar-refractivity contribution >= 4 is 10.0 Å². The van der Waals surface area contributed by atoms with Gasteiger partial charge in [0.1, 0.15) is 6.07 Å². The van der Waals surface area contributed by atoms with Crippen LogP contribution >= 0.6 is 0 Å². The van der Waals surface area contributed by atoms with Gasteiger partial charge >= 0.3 is 0 Å². The first kappa shape index (κ1) is 14.7. The SMILES string of the molecule is CCC(C)CN(C)S(=O)(=O)c1ccccc1C#N. The second kappa shape index (κ2) is 5.98. The standard InChI is InChI=1S/C13H18N2O2S/c1-4-11(2)10-15(3)18(16,17)13-8-6-5-7-12(13)9-14/h5-8,11H,4,10H2,1-3H3. The monoisotopic (exact) mass is 266 g/mol. The van der Waals surface area contributed by atoms with Crippen LogP contribution in [0.1, 0.15) is 25.8 Å². The first-order valence-electron chi connectivity index (χ1n) is 5.89. The third-order valence-electron chi connectivity index (χ3n) is 2.96. The summed E-state index contributed by atoms with van der Waals surface area (Å²) in [6.07, 6.45) is 0.916. The number of hydrogen-bond donors (Lipinski definition) is 0. The lowest BCUT2D eigenvalue weighted by Crippen LogP contribution is -2.31. The van der Waals surface area contributed by atoms with E-state index in [0.29, 0.717) is 12.5 Å². The molecule has 0 aromatic heterocycles. The van der Waals surface area contributed by atoms with E-state index in [-0.39, 0.29) is 10.5 Å². The zero-order chi connectivity index (χ0) is 13.8. The summed E-state index contributed by atoms with van der Waals surface area (Å²) in [6.45, 7) is 4.48. The predicted molar refractivity (Wildman–Crippen MR) is 70.4 cm³/mol. The number of nitrogens with zero attached hydrogens (tertiary/aromatic N) is 2. The van der Waals surface area contributed by atoms with Crippen LogP contribution in [0.2, 0.25) is 0 Å². The Labute approximate surface area is 109 Å². The number of sulfonamides is 1. The highest BCUT2D eigenvalue weighted by Gasteiger charge is 2.24. The fourth-order valence-corrected chi connectivity index (χ4v) is 3.05. The highest BCUT2D eigenvalue weighted by atomic mass is 32.2. The largest absolute Gasteiger partial charge is 0.244 e. The van der Waals surface area contributed by atoms with Gasteiger partial charge in [-0.2, -0.15) is 5.26 Å². The minimum Gasteiger partial charge on any atom is -0.207 e. The Morgan fingerprint density at radius 2 is 2.00 bits per heavy atom. The summed E-state index contributed by atoms with van der Waals surface area (Å²) in [5.74, 6) is 0.291. The Balaban J connectivity index is 3.10. The molecule has 1 rings (SSSR count). The van der Waals surface area contributed by atoms with Crippen LogP contribution in [-0.2, 0) is 10.0 Å². The summed E-state index contributed by atoms with van der Waals surface area (Å²) in [5.41, 5.74) is 0.188. The fourth-order valence-electron chi connectivity index (χ4n) is 1.62. The molecule has 1 atom stereocenters. The molecule has 0 amide bonds. The van der Waals surface area contributed by atoms with Crippen molar-refractivity contribution in [3.05, 3.63) is 29.8 Å². The Kier molecular flexibility index (Phi) is 4.88. The molecule has 98 valence electrons. The van der Waals surface area contributed by atoms with Crippen LogP contribution in [0.25, 0.3) is 0 Å². The number of hydrogen-bond acceptors (Lipinski definition) is 3. The molecule has 0 radical (unpaired) electrons. The van der Waals surface area contributed by atoms with Gasteiger partial charge in [-0.1, -0.05) is 32.4 Å². The van der Waals surface area contributed by atoms with Crippen LogP contribution in [0.5, 0.6) is 0 Å². The molecule has 18 heavy (non-hydrogen) atoms. The molecule has 5 heteroatoms. The highest BCUT2D eigenvalue weighted by Crippen LogP contribution is 2.19. The van der Waals surface area contributed by atoms with Crippen molar-refractivity contribution in [3.63, 3.8) is 0 Å². The van der Waals surface area contributed by atoms with Crippen molar-refractivity contribution in [1.82, 2.24) is 4.31 Å². The minimum atomic E-state index is -3.58. The predicted octanol–water partition coefficient (Wildman–Crippen LogP) is 2.22. The van der Waals surface area contributed by atoms with Gasteiger partial charge in [0.05, 0.1) is 10.5 Å². The number of benzene rings is 1. The van der Waals surface area contributed by atoms with Crippen molar-refractivity contribution in [3.8, 4) is 6.07 Å². The smallest absolute Gasteiger partial charge is 0.207 e. The molecule has 0 heterocycles. The lowest BCUT2D eigenvalue weighted by atomic mass is 10.1. The molecule has 0 saturated carbocycles. The maximum absolute atomic E-state index is 12.3. The lowest BCUT2D eigenvalue weighted by Gasteiger charge is -2.20. The molecule has 4 nitrogen and oxygen atoms in total. The molecule has 1 aromatic carbocycles. The highest BCUT2D eigenvalue weighted by molar-refractivity contribution is 7.89. The van der Waals surface area contributed by atoms with E-state index in [1.165, 1.54) is 16.4 Å². The molecule has 0 bridgehead atoms. The van der Waals surface area contributed by atoms with Gasteiger partial charge in [0.25, 0.3) is 0 Å². The van der Waals surface area contributed by atoms with Crippen LogP contribution in [0.3, 0.4) is 0 Å². The Bertz CT molecular complexity index is 546. The fraction of sp³-hybridized carbons (Fsp3) is 0.462. The van der Waals surface area contributed by atoms with Crippen molar-refractivity contribution in [2.75, 3.05) is 13.6 Å². The quantitative estimate of drug-likeness (QED) is 0.821. The number of nitriles is 1. The summed E-state index contributed by atoms with van der Waals surface area (Å²) in [7, 11) is -2.02. The zero-order valence-corrected chi connectivity index (χ0v) is 11.7. The van der Waals surface area contributed by atoms with Gasteiger partial charge in [-0.05, 0) is 18.1 Å². The zero-order valence-electron chi connectivity index (χ0n) is 10.9. The van der Waals surface area contributed by atoms with Crippen LogP contribution in [0.4, 0.5) is 0 Å². The first-order chi connectivity index (χ1) is 8.43. The lowest BCUT2D eigenvalue weighted by molar-refractivity contribution is 0.393. The van der Waals surface area contributed by atoms with E-state index in [0.717, 1.165) is 6.42 Å². The molecule has 0 aliphatic heterocycles. The number of rotatable bonds is 5. The third kappa shape index (κ3) is 3.09. The Hall–Kier alpha value is -1.38. The van der Waals surface area contributed by atoms with Gasteiger partial charge < -0.3 is 0 Å². The van der Waals surface area contributed by atoms with Gasteiger partial charge in [0, 0.05) is 13.6 Å². The van der Waals surface area contributed by atoms with Gasteiger partial charge in [0.2, 0.25) is 10.0 Å². The van der Waals surface area contributed by atoms with Crippen LogP contribution < -0.4 is 0 Å². The summed E-state index contributed by atoms with van der Waals surface area (Å²) in [6, 6.07) is 8.20. The minimum absolute atomic E-state index is 0.0818. The van der Waals surface area contributed by atoms with Crippen molar-refractivity contribution in [1.29, 1.82) is 5.26 Å². The molecule has 0 spiro atoms. The molecular weight excluding hydrogens is 248 g/mol. The summed E-state index contributed by atoms with van der Waals surface area (Å²) in [5, 5.41) is 8.96. The van der Waals surface area contributed by atoms with E-state index in [9.17, 15) is 8.42 Å². The van der Waals surface area contributed by atoms with Crippen LogP contribution in [0, 0.1) is 17.2 Å². The van der Waals surface area contributed by atoms with E-state index in [1.807, 2.05) is 19.9 Å². The van der Waals surface area contributed by atoms with E-state index in [2.05, 4.69) is 0 Å². The summed E-state index contributed by atoms with van der Waals surface area (Å²) in [4.78, 5) is 0.0818. The van der Waals surface area contributed by atoms with Gasteiger partial charge in [0.15, 0.2) is 0 Å². The summed E-state index contributed by atoms with van der Waals surface area (Å²) >= 11 is 0. The van der Waals surface area contributed by atoms with E-state index < -0.39 is 10.0 Å². The molecular formula is C13H18N2O2S. The van der Waals surface area contributed by atoms with E-state index in [1.54, 1.807) is 19.2 Å². The topological polar surface area (TPSA) is 61.2 Å². The molecule has 1 aromatic rings. The van der Waals surface area contributed by atoms with Gasteiger partial charge in [-0.15, -0.1) is 0 Å². The molecule has 0 aliphatic rings. The van der Waals surface area contributed by atoms with Gasteiger partial charge in [-0.3, -0.25) is 0 Å². The Morgan fingerprint density at radius 1 is 1.39 bits per heavy atom. The molecule has 0 N–H and O–H groups in total. The van der Waals surface area contributed by atoms with Crippen molar-refractivity contribution < 1.29 is 8.42 Å². The first-order valence-corrected chi connectivity index (χ1v) is 7.33. The Morgan fingerprint density at radius 3 is 2.56 bits per heavy atom. The van der Waals surface area contributed by atoms with E-state index in [4.69, 9.17) is 5.26 Å². The van der Waals surface area contributed by atoms with Crippen LogP contribution in [-0.4, -0.2) is 26.3 Å². The molecule has 0 fully saturated rings. The normalized spacial score (nSPS) is 13.3. The second-order valence-corrected chi connectivity index (χ2v) is 6.42. The van der Waals surface area contributed by atoms with Crippen LogP contribution in [0.15, 0.2) is 29.2 Å².